The van der Waals surface area contributed by atoms with E-state index in [9.17, 15) is 14.3 Å². The van der Waals surface area contributed by atoms with Gasteiger partial charge in [-0.25, -0.2) is 23.5 Å². The molecular formula is C20H16F2N4O3S. The zero-order chi connectivity index (χ0) is 21.6. The molecule has 0 bridgehead atoms. The summed E-state index contributed by atoms with van der Waals surface area (Å²) >= 11 is 0.992. The molecule has 1 aromatic carbocycles. The molecule has 3 heterocycles. The SMILES string of the molecule is CC(C)(O)c1ccn2c(-c3ccc(F)c(-c4ccsc4OC(N)=O)c3F)cnc2n1. The van der Waals surface area contributed by atoms with Gasteiger partial charge in [0.2, 0.25) is 5.78 Å². The number of amides is 1. The fourth-order valence-corrected chi connectivity index (χ4v) is 3.81. The Balaban J connectivity index is 1.87. The number of ether oxygens (including phenoxy) is 1. The maximum absolute atomic E-state index is 15.5. The number of thiophene rings is 1. The van der Waals surface area contributed by atoms with Crippen molar-refractivity contribution in [3.8, 4) is 27.4 Å². The lowest BCUT2D eigenvalue weighted by molar-refractivity contribution is 0.0739. The second-order valence-corrected chi connectivity index (χ2v) is 7.89. The van der Waals surface area contributed by atoms with E-state index in [1.54, 1.807) is 26.1 Å². The second-order valence-electron chi connectivity index (χ2n) is 7.01. The Morgan fingerprint density at radius 3 is 2.70 bits per heavy atom. The zero-order valence-electron chi connectivity index (χ0n) is 15.9. The molecule has 154 valence electrons. The molecular weight excluding hydrogens is 414 g/mol. The Labute approximate surface area is 173 Å². The number of aromatic nitrogens is 3. The van der Waals surface area contributed by atoms with E-state index in [2.05, 4.69) is 9.97 Å². The average Bonchev–Trinajstić information content (AvgIpc) is 3.28. The third kappa shape index (κ3) is 3.40. The first-order valence-electron chi connectivity index (χ1n) is 8.77. The fraction of sp³-hybridized carbons (Fsp3) is 0.150. The summed E-state index contributed by atoms with van der Waals surface area (Å²) in [6, 6.07) is 5.46. The van der Waals surface area contributed by atoms with Crippen molar-refractivity contribution in [1.82, 2.24) is 14.4 Å². The van der Waals surface area contributed by atoms with Gasteiger partial charge in [0.15, 0.2) is 5.06 Å². The van der Waals surface area contributed by atoms with Crippen LogP contribution in [0.2, 0.25) is 0 Å². The topological polar surface area (TPSA) is 103 Å². The molecule has 7 nitrogen and oxygen atoms in total. The molecule has 4 rings (SSSR count). The summed E-state index contributed by atoms with van der Waals surface area (Å²) in [6.45, 7) is 3.18. The molecule has 30 heavy (non-hydrogen) atoms. The van der Waals surface area contributed by atoms with Crippen LogP contribution in [0.5, 0.6) is 5.06 Å². The van der Waals surface area contributed by atoms with E-state index in [-0.39, 0.29) is 27.5 Å². The van der Waals surface area contributed by atoms with Gasteiger partial charge >= 0.3 is 6.09 Å². The van der Waals surface area contributed by atoms with Crippen LogP contribution in [0.4, 0.5) is 13.6 Å². The number of nitrogens with zero attached hydrogens (tertiary/aromatic N) is 3. The molecule has 0 aliphatic carbocycles. The van der Waals surface area contributed by atoms with Crippen LogP contribution in [0.3, 0.4) is 0 Å². The monoisotopic (exact) mass is 430 g/mol. The molecule has 0 fully saturated rings. The quantitative estimate of drug-likeness (QED) is 0.508. The van der Waals surface area contributed by atoms with Crippen LogP contribution >= 0.6 is 11.3 Å². The first-order valence-corrected chi connectivity index (χ1v) is 9.65. The van der Waals surface area contributed by atoms with Crippen molar-refractivity contribution in [1.29, 1.82) is 0 Å². The van der Waals surface area contributed by atoms with Gasteiger partial charge in [-0.15, -0.1) is 11.3 Å². The summed E-state index contributed by atoms with van der Waals surface area (Å²) in [5.41, 5.74) is 4.42. The summed E-state index contributed by atoms with van der Waals surface area (Å²) in [4.78, 5) is 19.6. The minimum Gasteiger partial charge on any atom is -0.399 e. The number of hydrogen-bond acceptors (Lipinski definition) is 6. The van der Waals surface area contributed by atoms with Crippen LogP contribution in [-0.2, 0) is 5.60 Å². The Bertz CT molecular complexity index is 1280. The lowest BCUT2D eigenvalue weighted by atomic mass is 10.0. The molecule has 1 amide bonds. The maximum atomic E-state index is 15.5. The number of rotatable bonds is 4. The molecule has 4 aromatic rings. The van der Waals surface area contributed by atoms with E-state index in [1.807, 2.05) is 0 Å². The maximum Gasteiger partial charge on any atom is 0.410 e. The van der Waals surface area contributed by atoms with Crippen molar-refractivity contribution in [2.45, 2.75) is 19.4 Å². The summed E-state index contributed by atoms with van der Waals surface area (Å²) in [5, 5.41) is 11.7. The normalized spacial score (nSPS) is 11.8. The Hall–Kier alpha value is -3.37. The largest absolute Gasteiger partial charge is 0.410 e. The third-order valence-corrected chi connectivity index (χ3v) is 5.25. The Morgan fingerprint density at radius 1 is 1.23 bits per heavy atom. The summed E-state index contributed by atoms with van der Waals surface area (Å²) in [6.07, 6.45) is 1.93. The number of halogens is 2. The van der Waals surface area contributed by atoms with E-state index >= 15 is 4.39 Å². The Morgan fingerprint density at radius 2 is 2.00 bits per heavy atom. The Kier molecular flexibility index (Phi) is 4.75. The molecule has 3 aromatic heterocycles. The highest BCUT2D eigenvalue weighted by atomic mass is 32.1. The average molecular weight is 430 g/mol. The van der Waals surface area contributed by atoms with Gasteiger partial charge in [0.25, 0.3) is 0 Å². The molecule has 0 atom stereocenters. The van der Waals surface area contributed by atoms with E-state index in [4.69, 9.17) is 10.5 Å². The van der Waals surface area contributed by atoms with Crippen molar-refractivity contribution >= 4 is 23.2 Å². The fourth-order valence-electron chi connectivity index (χ4n) is 3.06. The highest BCUT2D eigenvalue weighted by Crippen LogP contribution is 2.40. The van der Waals surface area contributed by atoms with Crippen molar-refractivity contribution in [3.05, 3.63) is 59.4 Å². The molecule has 0 radical (unpaired) electrons. The molecule has 0 aliphatic rings. The smallest absolute Gasteiger partial charge is 0.399 e. The first kappa shape index (κ1) is 19.9. The minimum absolute atomic E-state index is 0.00734. The number of carbonyl (C=O) groups is 1. The summed E-state index contributed by atoms with van der Waals surface area (Å²) in [7, 11) is 0. The van der Waals surface area contributed by atoms with Crippen molar-refractivity contribution < 1.29 is 23.4 Å². The molecule has 0 saturated carbocycles. The standard InChI is InChI=1S/C20H16F2N4O3S/c1-20(2,28)14-5-7-26-13(9-24-19(26)25-14)10-3-4-12(21)15(16(10)22)11-6-8-30-17(11)29-18(23)27/h3-9,28H,1-2H3,(H2,23,27). The van der Waals surface area contributed by atoms with Gasteiger partial charge in [0.1, 0.15) is 17.2 Å². The van der Waals surface area contributed by atoms with Crippen molar-refractivity contribution in [2.24, 2.45) is 5.73 Å². The molecule has 10 heteroatoms. The third-order valence-electron chi connectivity index (χ3n) is 4.47. The van der Waals surface area contributed by atoms with Crippen LogP contribution in [0, 0.1) is 11.6 Å². The molecule has 0 saturated heterocycles. The van der Waals surface area contributed by atoms with Gasteiger partial charge < -0.3 is 15.6 Å². The van der Waals surface area contributed by atoms with Crippen molar-refractivity contribution in [2.75, 3.05) is 0 Å². The van der Waals surface area contributed by atoms with Crippen LogP contribution < -0.4 is 10.5 Å². The molecule has 0 aliphatic heterocycles. The van der Waals surface area contributed by atoms with Crippen LogP contribution in [0.25, 0.3) is 28.2 Å². The summed E-state index contributed by atoms with van der Waals surface area (Å²) < 4.78 is 36.4. The highest BCUT2D eigenvalue weighted by Gasteiger charge is 2.24. The number of benzene rings is 1. The highest BCUT2D eigenvalue weighted by molar-refractivity contribution is 7.12. The van der Waals surface area contributed by atoms with Gasteiger partial charge in [-0.05, 0) is 43.5 Å². The lowest BCUT2D eigenvalue weighted by Crippen LogP contribution is -2.18. The number of hydrogen-bond donors (Lipinski definition) is 2. The predicted octanol–water partition coefficient (Wildman–Crippen LogP) is 4.09. The van der Waals surface area contributed by atoms with Crippen molar-refractivity contribution in [3.63, 3.8) is 0 Å². The van der Waals surface area contributed by atoms with Gasteiger partial charge in [-0.2, -0.15) is 0 Å². The van der Waals surface area contributed by atoms with E-state index in [0.29, 0.717) is 11.4 Å². The van der Waals surface area contributed by atoms with E-state index in [0.717, 1.165) is 17.4 Å². The van der Waals surface area contributed by atoms with Crippen LogP contribution in [-0.4, -0.2) is 25.6 Å². The van der Waals surface area contributed by atoms with Gasteiger partial charge in [0, 0.05) is 17.3 Å². The zero-order valence-corrected chi connectivity index (χ0v) is 16.7. The predicted molar refractivity (Wildman–Crippen MR) is 107 cm³/mol. The van der Waals surface area contributed by atoms with Gasteiger partial charge in [0.05, 0.1) is 23.1 Å². The number of fused-ring (bicyclic) bond motifs is 1. The summed E-state index contributed by atoms with van der Waals surface area (Å²) in [5.74, 6) is -1.42. The minimum atomic E-state index is -1.17. The van der Waals surface area contributed by atoms with E-state index in [1.165, 1.54) is 28.1 Å². The number of imidazole rings is 1. The van der Waals surface area contributed by atoms with Crippen LogP contribution in [0.15, 0.2) is 42.0 Å². The van der Waals surface area contributed by atoms with Gasteiger partial charge in [-0.1, -0.05) is 0 Å². The second kappa shape index (κ2) is 7.15. The van der Waals surface area contributed by atoms with Crippen LogP contribution in [0.1, 0.15) is 19.5 Å². The number of carbonyl (C=O) groups excluding carboxylic acids is 1. The molecule has 0 spiro atoms. The number of primary amides is 1. The number of nitrogens with two attached hydrogens (primary N) is 1. The number of aliphatic hydroxyl groups is 1. The first-order chi connectivity index (χ1) is 14.2. The van der Waals surface area contributed by atoms with Gasteiger partial charge in [-0.3, -0.25) is 4.40 Å². The molecule has 3 N–H and O–H groups in total. The van der Waals surface area contributed by atoms with E-state index < -0.39 is 23.3 Å². The molecule has 0 unspecified atom stereocenters. The lowest BCUT2D eigenvalue weighted by Gasteiger charge is -2.16.